The molecule has 6 nitrogen and oxygen atoms in total. The molecule has 6 heteroatoms. The molecule has 0 saturated carbocycles. The number of para-hydroxylation sites is 1. The summed E-state index contributed by atoms with van der Waals surface area (Å²) in [6.07, 6.45) is 4.06. The van der Waals surface area contributed by atoms with E-state index in [0.717, 1.165) is 46.1 Å². The number of hydrogen-bond acceptors (Lipinski definition) is 6. The Balaban J connectivity index is 1.58. The maximum atomic E-state index is 6.48. The summed E-state index contributed by atoms with van der Waals surface area (Å²) >= 11 is 0. The summed E-state index contributed by atoms with van der Waals surface area (Å²) in [4.78, 5) is 4.26. The smallest absolute Gasteiger partial charge is 0.214 e. The molecule has 0 spiro atoms. The number of benzene rings is 2. The van der Waals surface area contributed by atoms with E-state index in [9.17, 15) is 0 Å². The first-order valence-corrected chi connectivity index (χ1v) is 10.1. The summed E-state index contributed by atoms with van der Waals surface area (Å²) in [6, 6.07) is 18.1. The second-order valence-corrected chi connectivity index (χ2v) is 7.24. The summed E-state index contributed by atoms with van der Waals surface area (Å²) in [5, 5.41) is 7.02. The third-order valence-corrected chi connectivity index (χ3v) is 5.47. The molecule has 2 aliphatic rings. The minimum absolute atomic E-state index is 0.0654. The Kier molecular flexibility index (Phi) is 4.75. The van der Waals surface area contributed by atoms with Crippen molar-refractivity contribution in [2.24, 2.45) is 5.10 Å². The van der Waals surface area contributed by atoms with Crippen LogP contribution >= 0.6 is 0 Å². The highest BCUT2D eigenvalue weighted by Crippen LogP contribution is 2.50. The second kappa shape index (κ2) is 7.71. The molecule has 0 bridgehead atoms. The number of rotatable bonds is 5. The number of hydrogen-bond donors (Lipinski definition) is 0. The molecule has 3 heterocycles. The minimum atomic E-state index is -0.358. The molecule has 0 aliphatic carbocycles. The van der Waals surface area contributed by atoms with Crippen LogP contribution in [0.2, 0.25) is 0 Å². The zero-order chi connectivity index (χ0) is 20.5. The number of aromatic nitrogens is 1. The largest absolute Gasteiger partial charge is 0.494 e. The van der Waals surface area contributed by atoms with Gasteiger partial charge in [-0.3, -0.25) is 4.98 Å². The molecule has 1 aromatic heterocycles. The van der Waals surface area contributed by atoms with E-state index in [0.29, 0.717) is 6.61 Å². The van der Waals surface area contributed by atoms with E-state index in [2.05, 4.69) is 16.1 Å². The Morgan fingerprint density at radius 2 is 1.97 bits per heavy atom. The average molecular weight is 401 g/mol. The SMILES string of the molecule is CCOc1ccc([C@H]2Oc3c(OC)cccc3[C@H]3CC(c4cccnc4)=NN32)cc1. The Morgan fingerprint density at radius 1 is 1.10 bits per heavy atom. The van der Waals surface area contributed by atoms with Gasteiger partial charge in [0.05, 0.1) is 25.5 Å². The molecule has 0 N–H and O–H groups in total. The number of hydrazone groups is 1. The molecule has 0 amide bonds. The lowest BCUT2D eigenvalue weighted by Crippen LogP contribution is -2.33. The van der Waals surface area contributed by atoms with E-state index < -0.39 is 0 Å². The zero-order valence-electron chi connectivity index (χ0n) is 17.0. The molecule has 0 saturated heterocycles. The summed E-state index contributed by atoms with van der Waals surface area (Å²) in [6.45, 7) is 2.61. The lowest BCUT2D eigenvalue weighted by atomic mass is 9.96. The Morgan fingerprint density at radius 3 is 2.70 bits per heavy atom. The number of nitrogens with zero attached hydrogens (tertiary/aromatic N) is 3. The fraction of sp³-hybridized carbons (Fsp3) is 0.250. The van der Waals surface area contributed by atoms with Crippen LogP contribution in [0, 0.1) is 0 Å². The molecular formula is C24H23N3O3. The highest BCUT2D eigenvalue weighted by atomic mass is 16.5. The topological polar surface area (TPSA) is 56.2 Å². The number of ether oxygens (including phenoxy) is 3. The van der Waals surface area contributed by atoms with Gasteiger partial charge in [-0.25, -0.2) is 5.01 Å². The van der Waals surface area contributed by atoms with Crippen LogP contribution in [0.1, 0.15) is 42.3 Å². The monoisotopic (exact) mass is 401 g/mol. The van der Waals surface area contributed by atoms with Crippen molar-refractivity contribution in [3.05, 3.63) is 83.7 Å². The van der Waals surface area contributed by atoms with Crippen LogP contribution < -0.4 is 14.2 Å². The van der Waals surface area contributed by atoms with Gasteiger partial charge in [-0.05, 0) is 43.3 Å². The van der Waals surface area contributed by atoms with Gasteiger partial charge >= 0.3 is 0 Å². The van der Waals surface area contributed by atoms with Crippen LogP contribution in [0.25, 0.3) is 0 Å². The Labute approximate surface area is 175 Å². The van der Waals surface area contributed by atoms with Crippen molar-refractivity contribution in [1.82, 2.24) is 9.99 Å². The third kappa shape index (κ3) is 3.14. The van der Waals surface area contributed by atoms with E-state index in [4.69, 9.17) is 19.3 Å². The normalized spacial score (nSPS) is 19.4. The van der Waals surface area contributed by atoms with Crippen LogP contribution in [0.15, 0.2) is 72.1 Å². The first-order valence-electron chi connectivity index (χ1n) is 10.1. The highest BCUT2D eigenvalue weighted by Gasteiger charge is 2.42. The molecular weight excluding hydrogens is 378 g/mol. The summed E-state index contributed by atoms with van der Waals surface area (Å²) in [5.41, 5.74) is 4.13. The minimum Gasteiger partial charge on any atom is -0.494 e. The molecule has 30 heavy (non-hydrogen) atoms. The fourth-order valence-electron chi connectivity index (χ4n) is 4.07. The predicted molar refractivity (Wildman–Crippen MR) is 114 cm³/mol. The van der Waals surface area contributed by atoms with Crippen molar-refractivity contribution in [2.75, 3.05) is 13.7 Å². The lowest BCUT2D eigenvalue weighted by Gasteiger charge is -2.38. The standard InChI is InChI=1S/C24H23N3O3/c1-3-29-18-11-9-16(10-12-18)24-27-21(14-20(26-27)17-6-5-13-25-15-17)19-7-4-8-22(28-2)23(19)30-24/h4-13,15,21,24H,3,14H2,1-2H3/t21-,24-/m1/s1. The van der Waals surface area contributed by atoms with Gasteiger partial charge in [0.15, 0.2) is 11.5 Å². The van der Waals surface area contributed by atoms with Crippen molar-refractivity contribution >= 4 is 5.71 Å². The van der Waals surface area contributed by atoms with Gasteiger partial charge in [0.25, 0.3) is 0 Å². The molecule has 2 aliphatic heterocycles. The molecule has 0 unspecified atom stereocenters. The molecule has 152 valence electrons. The van der Waals surface area contributed by atoms with Gasteiger partial charge in [0.1, 0.15) is 5.75 Å². The van der Waals surface area contributed by atoms with E-state index in [-0.39, 0.29) is 12.3 Å². The molecule has 0 radical (unpaired) electrons. The van der Waals surface area contributed by atoms with E-state index >= 15 is 0 Å². The average Bonchev–Trinajstić information content (AvgIpc) is 3.25. The van der Waals surface area contributed by atoms with Crippen LogP contribution in [-0.2, 0) is 0 Å². The third-order valence-electron chi connectivity index (χ3n) is 5.47. The van der Waals surface area contributed by atoms with Crippen molar-refractivity contribution in [3.63, 3.8) is 0 Å². The van der Waals surface area contributed by atoms with Crippen molar-refractivity contribution in [2.45, 2.75) is 25.6 Å². The van der Waals surface area contributed by atoms with Gasteiger partial charge in [0.2, 0.25) is 6.23 Å². The first-order chi connectivity index (χ1) is 14.8. The number of fused-ring (bicyclic) bond motifs is 3. The van der Waals surface area contributed by atoms with Gasteiger partial charge in [-0.1, -0.05) is 18.2 Å². The Bertz CT molecular complexity index is 1070. The van der Waals surface area contributed by atoms with Crippen LogP contribution in [0.3, 0.4) is 0 Å². The summed E-state index contributed by atoms with van der Waals surface area (Å²) < 4.78 is 17.7. The number of methoxy groups -OCH3 is 1. The van der Waals surface area contributed by atoms with Gasteiger partial charge < -0.3 is 14.2 Å². The highest BCUT2D eigenvalue weighted by molar-refractivity contribution is 6.01. The van der Waals surface area contributed by atoms with E-state index in [1.165, 1.54) is 0 Å². The van der Waals surface area contributed by atoms with Crippen LogP contribution in [-0.4, -0.2) is 29.4 Å². The zero-order valence-corrected chi connectivity index (χ0v) is 17.0. The molecule has 0 fully saturated rings. The molecule has 2 atom stereocenters. The maximum absolute atomic E-state index is 6.48. The number of pyridine rings is 1. The molecule has 3 aromatic rings. The van der Waals surface area contributed by atoms with E-state index in [1.807, 2.05) is 61.7 Å². The van der Waals surface area contributed by atoms with Crippen molar-refractivity contribution < 1.29 is 14.2 Å². The fourth-order valence-corrected chi connectivity index (χ4v) is 4.07. The van der Waals surface area contributed by atoms with Gasteiger partial charge in [-0.15, -0.1) is 0 Å². The quantitative estimate of drug-likeness (QED) is 0.619. The predicted octanol–water partition coefficient (Wildman–Crippen LogP) is 4.73. The Hall–Kier alpha value is -3.54. The second-order valence-electron chi connectivity index (χ2n) is 7.24. The van der Waals surface area contributed by atoms with Crippen LogP contribution in [0.5, 0.6) is 17.2 Å². The van der Waals surface area contributed by atoms with Gasteiger partial charge in [-0.2, -0.15) is 5.10 Å². The molecule has 5 rings (SSSR count). The first kappa shape index (κ1) is 18.5. The molecule has 2 aromatic carbocycles. The summed E-state index contributed by atoms with van der Waals surface area (Å²) in [5.74, 6) is 2.35. The van der Waals surface area contributed by atoms with Gasteiger partial charge in [0, 0.05) is 35.5 Å². The summed E-state index contributed by atoms with van der Waals surface area (Å²) in [7, 11) is 1.67. The van der Waals surface area contributed by atoms with Crippen LogP contribution in [0.4, 0.5) is 0 Å². The van der Waals surface area contributed by atoms with E-state index in [1.54, 1.807) is 13.3 Å². The van der Waals surface area contributed by atoms with Crippen molar-refractivity contribution in [1.29, 1.82) is 0 Å². The van der Waals surface area contributed by atoms with Crippen molar-refractivity contribution in [3.8, 4) is 17.2 Å². The maximum Gasteiger partial charge on any atom is 0.214 e. The lowest BCUT2D eigenvalue weighted by molar-refractivity contribution is -0.0209.